The van der Waals surface area contributed by atoms with Crippen LogP contribution < -0.4 is 10.4 Å². The number of ether oxygens (including phenoxy) is 2. The third kappa shape index (κ3) is 6.55. The van der Waals surface area contributed by atoms with Crippen molar-refractivity contribution in [3.63, 3.8) is 0 Å². The van der Waals surface area contributed by atoms with E-state index in [1.807, 2.05) is 26.1 Å². The number of nitrogens with zero attached hydrogens (tertiary/aromatic N) is 6. The number of hydrogen-bond donors (Lipinski definition) is 1. The molecule has 0 unspecified atom stereocenters. The number of fused-ring (bicyclic) bond motifs is 4. The second kappa shape index (κ2) is 14.0. The van der Waals surface area contributed by atoms with Gasteiger partial charge >= 0.3 is 11.8 Å². The van der Waals surface area contributed by atoms with Crippen molar-refractivity contribution in [3.8, 4) is 29.1 Å². The zero-order chi connectivity index (χ0) is 37.8. The molecule has 53 heavy (non-hydrogen) atoms. The van der Waals surface area contributed by atoms with Crippen LogP contribution in [-0.2, 0) is 4.74 Å². The van der Waals surface area contributed by atoms with Crippen LogP contribution in [0.1, 0.15) is 71.4 Å². The highest BCUT2D eigenvalue weighted by Gasteiger charge is 2.37. The molecule has 2 aliphatic rings. The standard InChI is InChI=1S/C40H41ClFN7O4/c1-22(30-13-8-17-47(30)5)52-37-35-36(49(38(50)46-35)26-15-18-48(25(19-26)14-16-43)39(51)53-40(2,3)4)28-20-29(41)32(33(42)34(28)45-37)27-12-7-10-23-9-6-11-24(21-44)31(23)27/h6-7,9-12,20,22,25-26,30H,8,13-15,17-19H2,1-5H3,(H,46,50)/t22-,25+,26-,30-/m0/s1. The molecule has 11 nitrogen and oxygen atoms in total. The van der Waals surface area contributed by atoms with Gasteiger partial charge in [0.15, 0.2) is 5.82 Å². The van der Waals surface area contributed by atoms with Crippen LogP contribution in [-0.4, -0.2) is 74.4 Å². The van der Waals surface area contributed by atoms with Crippen molar-refractivity contribution in [3.05, 3.63) is 69.4 Å². The molecule has 4 heterocycles. The number of hydrogen-bond acceptors (Lipinski definition) is 8. The second-order valence-electron chi connectivity index (χ2n) is 15.1. The molecule has 2 saturated heterocycles. The molecule has 2 aromatic heterocycles. The number of carbonyl (C=O) groups is 1. The number of rotatable bonds is 6. The fourth-order valence-corrected chi connectivity index (χ4v) is 8.45. The summed E-state index contributed by atoms with van der Waals surface area (Å²) >= 11 is 7.00. The van der Waals surface area contributed by atoms with E-state index in [-0.39, 0.29) is 53.5 Å². The molecular weight excluding hydrogens is 697 g/mol. The molecule has 5 aromatic rings. The van der Waals surface area contributed by atoms with Gasteiger partial charge < -0.3 is 19.4 Å². The largest absolute Gasteiger partial charge is 0.471 e. The van der Waals surface area contributed by atoms with Crippen molar-refractivity contribution >= 4 is 50.4 Å². The van der Waals surface area contributed by atoms with Gasteiger partial charge in [0.25, 0.3) is 0 Å². The van der Waals surface area contributed by atoms with Gasteiger partial charge in [0.2, 0.25) is 5.88 Å². The summed E-state index contributed by atoms with van der Waals surface area (Å²) in [6, 6.07) is 15.8. The number of carbonyl (C=O) groups excluding carboxylic acids is 1. The van der Waals surface area contributed by atoms with Gasteiger partial charge in [-0.15, -0.1) is 0 Å². The fraction of sp³-hybridized carbons (Fsp3) is 0.425. The first kappa shape index (κ1) is 36.2. The summed E-state index contributed by atoms with van der Waals surface area (Å²) in [6.07, 6.45) is 1.76. The Hall–Kier alpha value is -5.17. The van der Waals surface area contributed by atoms with E-state index in [0.717, 1.165) is 24.8 Å². The Kier molecular flexibility index (Phi) is 9.56. The van der Waals surface area contributed by atoms with E-state index in [1.54, 1.807) is 60.6 Å². The van der Waals surface area contributed by atoms with Crippen LogP contribution in [0.25, 0.3) is 43.8 Å². The van der Waals surface area contributed by atoms with E-state index in [2.05, 4.69) is 22.0 Å². The van der Waals surface area contributed by atoms with Crippen LogP contribution in [0.3, 0.4) is 0 Å². The summed E-state index contributed by atoms with van der Waals surface area (Å²) in [5, 5.41) is 21.4. The predicted octanol–water partition coefficient (Wildman–Crippen LogP) is 8.08. The molecule has 7 rings (SSSR count). The number of nitriles is 2. The molecule has 4 atom stereocenters. The van der Waals surface area contributed by atoms with Gasteiger partial charge in [0.05, 0.1) is 34.7 Å². The summed E-state index contributed by atoms with van der Waals surface area (Å²) in [4.78, 5) is 38.8. The number of aromatic amines is 1. The highest BCUT2D eigenvalue weighted by Crippen LogP contribution is 2.43. The molecule has 0 saturated carbocycles. The molecular formula is C40H41ClFN7O4. The number of imidazole rings is 1. The van der Waals surface area contributed by atoms with Crippen LogP contribution in [0, 0.1) is 28.5 Å². The summed E-state index contributed by atoms with van der Waals surface area (Å²) in [6.45, 7) is 8.46. The van der Waals surface area contributed by atoms with Gasteiger partial charge in [-0.2, -0.15) is 10.5 Å². The molecule has 0 radical (unpaired) electrons. The fourth-order valence-electron chi connectivity index (χ4n) is 8.15. The van der Waals surface area contributed by atoms with Crippen LogP contribution in [0.5, 0.6) is 5.88 Å². The monoisotopic (exact) mass is 737 g/mol. The minimum Gasteiger partial charge on any atom is -0.471 e. The number of nitrogens with one attached hydrogen (secondary N) is 1. The third-order valence-electron chi connectivity index (χ3n) is 10.5. The lowest BCUT2D eigenvalue weighted by Gasteiger charge is -2.39. The lowest BCUT2D eigenvalue weighted by molar-refractivity contribution is 0.00606. The van der Waals surface area contributed by atoms with Crippen molar-refractivity contribution < 1.29 is 18.7 Å². The Balaban J connectivity index is 1.43. The van der Waals surface area contributed by atoms with E-state index in [0.29, 0.717) is 39.4 Å². The van der Waals surface area contributed by atoms with E-state index >= 15 is 4.39 Å². The molecule has 3 aromatic carbocycles. The van der Waals surface area contributed by atoms with Gasteiger partial charge in [0.1, 0.15) is 22.7 Å². The number of pyridine rings is 1. The van der Waals surface area contributed by atoms with Gasteiger partial charge in [-0.1, -0.05) is 41.9 Å². The molecule has 2 aliphatic heterocycles. The number of halogens is 2. The molecule has 0 spiro atoms. The zero-order valence-electron chi connectivity index (χ0n) is 30.4. The van der Waals surface area contributed by atoms with Crippen LogP contribution in [0.2, 0.25) is 5.02 Å². The van der Waals surface area contributed by atoms with E-state index in [4.69, 9.17) is 26.1 Å². The highest BCUT2D eigenvalue weighted by atomic mass is 35.5. The van der Waals surface area contributed by atoms with Crippen molar-refractivity contribution in [1.82, 2.24) is 24.3 Å². The molecule has 274 valence electrons. The number of benzene rings is 3. The maximum Gasteiger partial charge on any atom is 0.410 e. The van der Waals surface area contributed by atoms with Crippen molar-refractivity contribution in [2.24, 2.45) is 0 Å². The molecule has 0 aliphatic carbocycles. The first-order chi connectivity index (χ1) is 25.3. The Morgan fingerprint density at radius 1 is 1.17 bits per heavy atom. The minimum atomic E-state index is -0.726. The van der Waals surface area contributed by atoms with Gasteiger partial charge in [0, 0.05) is 41.0 Å². The van der Waals surface area contributed by atoms with Gasteiger partial charge in [-0.25, -0.2) is 19.0 Å². The van der Waals surface area contributed by atoms with Crippen LogP contribution in [0.15, 0.2) is 47.3 Å². The predicted molar refractivity (Wildman–Crippen MR) is 201 cm³/mol. The van der Waals surface area contributed by atoms with Crippen molar-refractivity contribution in [1.29, 1.82) is 10.5 Å². The normalized spacial score (nSPS) is 20.1. The maximum atomic E-state index is 17.3. The summed E-state index contributed by atoms with van der Waals surface area (Å²) in [7, 11) is 2.04. The average Bonchev–Trinajstić information content (AvgIpc) is 3.70. The van der Waals surface area contributed by atoms with E-state index in [1.165, 1.54) is 0 Å². The number of likely N-dealkylation sites (tertiary alicyclic amines) is 2. The molecule has 2 fully saturated rings. The van der Waals surface area contributed by atoms with Crippen molar-refractivity contribution in [2.75, 3.05) is 20.1 Å². The maximum absolute atomic E-state index is 17.3. The quantitative estimate of drug-likeness (QED) is 0.185. The molecule has 1 N–H and O–H groups in total. The van der Waals surface area contributed by atoms with Crippen LogP contribution >= 0.6 is 11.6 Å². The number of piperidine rings is 1. The summed E-state index contributed by atoms with van der Waals surface area (Å²) in [5.74, 6) is -0.633. The van der Waals surface area contributed by atoms with Gasteiger partial charge in [-0.3, -0.25) is 9.47 Å². The SMILES string of the molecule is C[C@H](Oc1nc2c(F)c(-c3cccc4cccc(C#N)c34)c(Cl)cc2c2c1[nH]c(=O)n2[C@H]1CCN(C(=O)OC(C)(C)C)[C@H](CC#N)C1)[C@@H]1CCCN1C. The smallest absolute Gasteiger partial charge is 0.410 e. The second-order valence-corrected chi connectivity index (χ2v) is 15.5. The Labute approximate surface area is 311 Å². The first-order valence-corrected chi connectivity index (χ1v) is 18.3. The Morgan fingerprint density at radius 2 is 1.92 bits per heavy atom. The lowest BCUT2D eigenvalue weighted by atomic mass is 9.93. The van der Waals surface area contributed by atoms with Gasteiger partial charge in [-0.05, 0) is 90.1 Å². The number of H-pyrrole nitrogens is 1. The topological polar surface area (TPSA) is 140 Å². The minimum absolute atomic E-state index is 0.0372. The number of aromatic nitrogens is 3. The molecule has 13 heteroatoms. The molecule has 1 amide bonds. The summed E-state index contributed by atoms with van der Waals surface area (Å²) in [5.41, 5.74) is 0.350. The van der Waals surface area contributed by atoms with Crippen molar-refractivity contribution in [2.45, 2.75) is 89.6 Å². The summed E-state index contributed by atoms with van der Waals surface area (Å²) < 4.78 is 31.1. The van der Waals surface area contributed by atoms with Crippen LogP contribution in [0.4, 0.5) is 9.18 Å². The van der Waals surface area contributed by atoms with E-state index in [9.17, 15) is 20.1 Å². The number of likely N-dealkylation sites (N-methyl/N-ethyl adjacent to an activating group) is 1. The lowest BCUT2D eigenvalue weighted by Crippen LogP contribution is -2.49. The number of amides is 1. The first-order valence-electron chi connectivity index (χ1n) is 17.9. The Bertz CT molecular complexity index is 2400. The Morgan fingerprint density at radius 3 is 2.60 bits per heavy atom. The average molecular weight is 738 g/mol. The third-order valence-corrected chi connectivity index (χ3v) is 10.8. The highest BCUT2D eigenvalue weighted by molar-refractivity contribution is 6.35. The molecule has 0 bridgehead atoms. The zero-order valence-corrected chi connectivity index (χ0v) is 31.1. The van der Waals surface area contributed by atoms with E-state index < -0.39 is 35.3 Å².